The second kappa shape index (κ2) is 3.69. The van der Waals surface area contributed by atoms with Gasteiger partial charge < -0.3 is 4.74 Å². The first-order valence-corrected chi connectivity index (χ1v) is 5.39. The van der Waals surface area contributed by atoms with E-state index in [0.29, 0.717) is 0 Å². The molecule has 1 heterocycles. The maximum atomic E-state index is 11.9. The van der Waals surface area contributed by atoms with E-state index >= 15 is 0 Å². The van der Waals surface area contributed by atoms with Crippen LogP contribution in [0.2, 0.25) is 0 Å². The third-order valence-electron chi connectivity index (χ3n) is 3.22. The van der Waals surface area contributed by atoms with Crippen LogP contribution in [0.1, 0.15) is 32.3 Å². The summed E-state index contributed by atoms with van der Waals surface area (Å²) in [6, 6.07) is 9.88. The van der Waals surface area contributed by atoms with Crippen molar-refractivity contribution in [2.24, 2.45) is 0 Å². The van der Waals surface area contributed by atoms with Gasteiger partial charge in [-0.15, -0.1) is 0 Å². The maximum Gasteiger partial charge on any atom is 0.316 e. The van der Waals surface area contributed by atoms with Crippen molar-refractivity contribution in [2.75, 3.05) is 0 Å². The average molecular weight is 204 g/mol. The first-order chi connectivity index (χ1) is 7.13. The Labute approximate surface area is 90.3 Å². The molecule has 0 bridgehead atoms. The number of hydrogen-bond acceptors (Lipinski definition) is 2. The fourth-order valence-electron chi connectivity index (χ4n) is 2.03. The lowest BCUT2D eigenvalue weighted by atomic mass is 9.76. The van der Waals surface area contributed by atoms with Crippen molar-refractivity contribution in [1.29, 1.82) is 0 Å². The van der Waals surface area contributed by atoms with Crippen LogP contribution in [0.5, 0.6) is 0 Å². The van der Waals surface area contributed by atoms with E-state index in [-0.39, 0.29) is 12.1 Å². The lowest BCUT2D eigenvalue weighted by molar-refractivity contribution is -0.161. The minimum atomic E-state index is -0.451. The van der Waals surface area contributed by atoms with Gasteiger partial charge in [-0.1, -0.05) is 30.3 Å². The first kappa shape index (κ1) is 10.2. The van der Waals surface area contributed by atoms with Crippen LogP contribution < -0.4 is 0 Å². The minimum absolute atomic E-state index is 0.0642. The number of hydrogen-bond donors (Lipinski definition) is 0. The summed E-state index contributed by atoms with van der Waals surface area (Å²) in [5, 5.41) is 0. The zero-order valence-electron chi connectivity index (χ0n) is 9.19. The Balaban J connectivity index is 2.31. The zero-order chi connectivity index (χ0) is 10.9. The van der Waals surface area contributed by atoms with Crippen LogP contribution in [0.15, 0.2) is 30.3 Å². The summed E-state index contributed by atoms with van der Waals surface area (Å²) >= 11 is 0. The predicted molar refractivity (Wildman–Crippen MR) is 58.6 cm³/mol. The van der Waals surface area contributed by atoms with Crippen LogP contribution in [-0.2, 0) is 14.9 Å². The Morgan fingerprint density at radius 1 is 1.33 bits per heavy atom. The third-order valence-corrected chi connectivity index (χ3v) is 3.22. The smallest absolute Gasteiger partial charge is 0.316 e. The van der Waals surface area contributed by atoms with Gasteiger partial charge in [0, 0.05) is 0 Å². The quantitative estimate of drug-likeness (QED) is 0.657. The van der Waals surface area contributed by atoms with Gasteiger partial charge in [-0.3, -0.25) is 4.79 Å². The minimum Gasteiger partial charge on any atom is -0.462 e. The summed E-state index contributed by atoms with van der Waals surface area (Å²) in [4.78, 5) is 11.9. The molecule has 2 rings (SSSR count). The van der Waals surface area contributed by atoms with Gasteiger partial charge in [0.25, 0.3) is 0 Å². The van der Waals surface area contributed by atoms with Crippen LogP contribution >= 0.6 is 0 Å². The number of rotatable bonds is 1. The maximum absolute atomic E-state index is 11.9. The second-order valence-electron chi connectivity index (χ2n) is 4.45. The molecule has 1 aromatic rings. The van der Waals surface area contributed by atoms with Crippen LogP contribution in [0.3, 0.4) is 0 Å². The van der Waals surface area contributed by atoms with E-state index in [4.69, 9.17) is 4.74 Å². The average Bonchev–Trinajstić information content (AvgIpc) is 2.25. The fraction of sp³-hybridized carbons (Fsp3) is 0.462. The molecule has 2 nitrogen and oxygen atoms in total. The Bertz CT molecular complexity index is 358. The molecule has 1 fully saturated rings. The van der Waals surface area contributed by atoms with Gasteiger partial charge in [-0.05, 0) is 32.3 Å². The molecule has 0 radical (unpaired) electrons. The molecule has 1 aliphatic heterocycles. The van der Waals surface area contributed by atoms with Crippen LogP contribution in [-0.4, -0.2) is 12.1 Å². The molecule has 0 aromatic heterocycles. The van der Waals surface area contributed by atoms with Crippen molar-refractivity contribution < 1.29 is 9.53 Å². The topological polar surface area (TPSA) is 26.3 Å². The van der Waals surface area contributed by atoms with Gasteiger partial charge in [0.2, 0.25) is 0 Å². The standard InChI is InChI=1S/C13H16O2/c1-10-8-9-13(2,12(14)15-10)11-6-4-3-5-7-11/h3-7,10H,8-9H2,1-2H3. The molecule has 15 heavy (non-hydrogen) atoms. The lowest BCUT2D eigenvalue weighted by Crippen LogP contribution is -2.41. The summed E-state index contributed by atoms with van der Waals surface area (Å²) in [6.45, 7) is 3.92. The molecule has 0 aliphatic carbocycles. The Kier molecular flexibility index (Phi) is 2.51. The van der Waals surface area contributed by atoms with Crippen molar-refractivity contribution in [3.63, 3.8) is 0 Å². The predicted octanol–water partition coefficient (Wildman–Crippen LogP) is 2.67. The van der Waals surface area contributed by atoms with E-state index in [9.17, 15) is 4.79 Å². The molecule has 1 saturated heterocycles. The number of carbonyl (C=O) groups is 1. The largest absolute Gasteiger partial charge is 0.462 e. The summed E-state index contributed by atoms with van der Waals surface area (Å²) in [5.74, 6) is -0.0903. The normalized spacial score (nSPS) is 31.1. The second-order valence-corrected chi connectivity index (χ2v) is 4.45. The van der Waals surface area contributed by atoms with Gasteiger partial charge in [0.05, 0.1) is 11.5 Å². The van der Waals surface area contributed by atoms with Crippen molar-refractivity contribution in [2.45, 2.75) is 38.2 Å². The number of benzene rings is 1. The number of ether oxygens (including phenoxy) is 1. The van der Waals surface area contributed by atoms with Crippen molar-refractivity contribution in [3.05, 3.63) is 35.9 Å². The van der Waals surface area contributed by atoms with E-state index in [1.807, 2.05) is 44.2 Å². The molecular formula is C13H16O2. The molecule has 0 amide bonds. The molecule has 0 saturated carbocycles. The van der Waals surface area contributed by atoms with E-state index in [1.165, 1.54) is 0 Å². The van der Waals surface area contributed by atoms with Crippen molar-refractivity contribution in [3.8, 4) is 0 Å². The molecule has 2 unspecified atom stereocenters. The van der Waals surface area contributed by atoms with Gasteiger partial charge in [0.1, 0.15) is 0 Å². The lowest BCUT2D eigenvalue weighted by Gasteiger charge is -2.34. The van der Waals surface area contributed by atoms with Gasteiger partial charge >= 0.3 is 5.97 Å². The SMILES string of the molecule is CC1CCC(C)(c2ccccc2)C(=O)O1. The highest BCUT2D eigenvalue weighted by atomic mass is 16.5. The number of esters is 1. The monoisotopic (exact) mass is 204 g/mol. The first-order valence-electron chi connectivity index (χ1n) is 5.39. The highest BCUT2D eigenvalue weighted by molar-refractivity contribution is 5.83. The Morgan fingerprint density at radius 3 is 2.60 bits per heavy atom. The van der Waals surface area contributed by atoms with E-state index < -0.39 is 5.41 Å². The fourth-order valence-corrected chi connectivity index (χ4v) is 2.03. The molecule has 0 spiro atoms. The molecule has 1 aliphatic rings. The molecule has 2 atom stereocenters. The van der Waals surface area contributed by atoms with Gasteiger partial charge in [0.15, 0.2) is 0 Å². The third kappa shape index (κ3) is 1.76. The van der Waals surface area contributed by atoms with Crippen LogP contribution in [0.25, 0.3) is 0 Å². The Morgan fingerprint density at radius 2 is 2.00 bits per heavy atom. The molecule has 1 aromatic carbocycles. The van der Waals surface area contributed by atoms with Gasteiger partial charge in [-0.2, -0.15) is 0 Å². The molecule has 2 heteroatoms. The highest BCUT2D eigenvalue weighted by Gasteiger charge is 2.40. The van der Waals surface area contributed by atoms with Gasteiger partial charge in [-0.25, -0.2) is 0 Å². The Hall–Kier alpha value is -1.31. The molecule has 0 N–H and O–H groups in total. The molecular weight excluding hydrogens is 188 g/mol. The summed E-state index contributed by atoms with van der Waals surface area (Å²) in [6.07, 6.45) is 1.88. The van der Waals surface area contributed by atoms with Crippen molar-refractivity contribution >= 4 is 5.97 Å². The van der Waals surface area contributed by atoms with E-state index in [2.05, 4.69) is 0 Å². The van der Waals surface area contributed by atoms with Crippen LogP contribution in [0.4, 0.5) is 0 Å². The van der Waals surface area contributed by atoms with E-state index in [1.54, 1.807) is 0 Å². The van der Waals surface area contributed by atoms with E-state index in [0.717, 1.165) is 18.4 Å². The summed E-state index contributed by atoms with van der Waals surface area (Å²) < 4.78 is 5.32. The number of cyclic esters (lactones) is 1. The number of carbonyl (C=O) groups excluding carboxylic acids is 1. The van der Waals surface area contributed by atoms with Crippen LogP contribution in [0, 0.1) is 0 Å². The summed E-state index contributed by atoms with van der Waals surface area (Å²) in [7, 11) is 0. The van der Waals surface area contributed by atoms with Crippen molar-refractivity contribution in [1.82, 2.24) is 0 Å². The highest BCUT2D eigenvalue weighted by Crippen LogP contribution is 2.35. The molecule has 80 valence electrons. The zero-order valence-corrected chi connectivity index (χ0v) is 9.19. The summed E-state index contributed by atoms with van der Waals surface area (Å²) in [5.41, 5.74) is 0.607.